The van der Waals surface area contributed by atoms with E-state index in [1.807, 2.05) is 36.2 Å². The Morgan fingerprint density at radius 3 is 2.73 bits per heavy atom. The highest BCUT2D eigenvalue weighted by atomic mass is 35.5. The third-order valence-corrected chi connectivity index (χ3v) is 4.19. The van der Waals surface area contributed by atoms with E-state index in [0.717, 1.165) is 5.56 Å². The second-order valence-electron chi connectivity index (χ2n) is 4.84. The van der Waals surface area contributed by atoms with E-state index < -0.39 is 5.91 Å². The highest BCUT2D eigenvalue weighted by molar-refractivity contribution is 7.14. The molecule has 2 rings (SSSR count). The van der Waals surface area contributed by atoms with E-state index in [1.54, 1.807) is 11.4 Å². The van der Waals surface area contributed by atoms with Gasteiger partial charge in [-0.2, -0.15) is 0 Å². The Labute approximate surface area is 137 Å². The maximum atomic E-state index is 12.0. The minimum absolute atomic E-state index is 0.182. The van der Waals surface area contributed by atoms with Crippen LogP contribution in [0.4, 0.5) is 5.00 Å². The molecule has 7 heteroatoms. The summed E-state index contributed by atoms with van der Waals surface area (Å²) in [5, 5.41) is 5.56. The maximum Gasteiger partial charge on any atom is 0.251 e. The quantitative estimate of drug-likeness (QED) is 0.850. The summed E-state index contributed by atoms with van der Waals surface area (Å²) in [6.07, 6.45) is 0. The van der Waals surface area contributed by atoms with E-state index in [1.165, 1.54) is 11.3 Å². The Bertz CT molecular complexity index is 687. The normalized spacial score (nSPS) is 10.7. The van der Waals surface area contributed by atoms with Gasteiger partial charge in [0.15, 0.2) is 0 Å². The number of nitrogens with zero attached hydrogens (tertiary/aromatic N) is 1. The van der Waals surface area contributed by atoms with E-state index in [4.69, 9.17) is 17.3 Å². The van der Waals surface area contributed by atoms with Crippen LogP contribution in [0.2, 0.25) is 5.02 Å². The molecule has 0 aliphatic heterocycles. The molecule has 0 aliphatic rings. The highest BCUT2D eigenvalue weighted by Gasteiger charge is 2.14. The topological polar surface area (TPSA) is 75.4 Å². The number of nitrogens with one attached hydrogen (secondary N) is 1. The van der Waals surface area contributed by atoms with Crippen molar-refractivity contribution in [2.75, 3.05) is 18.9 Å². The van der Waals surface area contributed by atoms with Crippen molar-refractivity contribution >= 4 is 39.8 Å². The summed E-state index contributed by atoms with van der Waals surface area (Å²) >= 11 is 7.37. The monoisotopic (exact) mass is 337 g/mol. The van der Waals surface area contributed by atoms with Gasteiger partial charge in [-0.3, -0.25) is 14.5 Å². The second-order valence-corrected chi connectivity index (χ2v) is 6.16. The first-order valence-corrected chi connectivity index (χ1v) is 7.82. The van der Waals surface area contributed by atoms with Gasteiger partial charge in [0, 0.05) is 11.6 Å². The van der Waals surface area contributed by atoms with E-state index >= 15 is 0 Å². The van der Waals surface area contributed by atoms with Gasteiger partial charge in [-0.1, -0.05) is 29.8 Å². The van der Waals surface area contributed by atoms with Crippen molar-refractivity contribution in [3.8, 4) is 0 Å². The van der Waals surface area contributed by atoms with Crippen molar-refractivity contribution in [1.82, 2.24) is 4.90 Å². The van der Waals surface area contributed by atoms with Crippen molar-refractivity contribution in [1.29, 1.82) is 0 Å². The zero-order valence-electron chi connectivity index (χ0n) is 12.0. The first kappa shape index (κ1) is 16.5. The standard InChI is InChI=1S/C15H16ClN3O2S/c1-19(8-10-4-2-3-5-12(10)16)9-13(20)18-15-11(14(17)21)6-7-22-15/h2-7H,8-9H2,1H3,(H2,17,21)(H,18,20). The van der Waals surface area contributed by atoms with Gasteiger partial charge in [-0.05, 0) is 30.1 Å². The first-order valence-electron chi connectivity index (χ1n) is 6.56. The molecule has 0 atom stereocenters. The molecule has 2 aromatic rings. The van der Waals surface area contributed by atoms with Crippen molar-refractivity contribution in [2.45, 2.75) is 6.54 Å². The van der Waals surface area contributed by atoms with Gasteiger partial charge in [0.05, 0.1) is 12.1 Å². The van der Waals surface area contributed by atoms with Gasteiger partial charge in [-0.25, -0.2) is 0 Å². The second kappa shape index (κ2) is 7.40. The molecule has 3 N–H and O–H groups in total. The number of amides is 2. The summed E-state index contributed by atoms with van der Waals surface area (Å²) < 4.78 is 0. The van der Waals surface area contributed by atoms with Crippen molar-refractivity contribution in [3.05, 3.63) is 51.9 Å². The fourth-order valence-corrected chi connectivity index (χ4v) is 2.99. The Kier molecular flexibility index (Phi) is 5.54. The highest BCUT2D eigenvalue weighted by Crippen LogP contribution is 2.22. The molecule has 2 amide bonds. The summed E-state index contributed by atoms with van der Waals surface area (Å²) in [6, 6.07) is 9.09. The first-order chi connectivity index (χ1) is 10.5. The molecule has 22 heavy (non-hydrogen) atoms. The molecule has 0 fully saturated rings. The zero-order chi connectivity index (χ0) is 16.1. The molecule has 0 saturated heterocycles. The van der Waals surface area contributed by atoms with Crippen molar-refractivity contribution < 1.29 is 9.59 Å². The predicted molar refractivity (Wildman–Crippen MR) is 89.3 cm³/mol. The molecule has 116 valence electrons. The Balaban J connectivity index is 1.93. The van der Waals surface area contributed by atoms with E-state index in [9.17, 15) is 9.59 Å². The largest absolute Gasteiger partial charge is 0.366 e. The SMILES string of the molecule is CN(CC(=O)Nc1sccc1C(N)=O)Cc1ccccc1Cl. The lowest BCUT2D eigenvalue weighted by Crippen LogP contribution is -2.30. The Hall–Kier alpha value is -1.89. The summed E-state index contributed by atoms with van der Waals surface area (Å²) in [4.78, 5) is 25.1. The zero-order valence-corrected chi connectivity index (χ0v) is 13.6. The number of carbonyl (C=O) groups is 2. The smallest absolute Gasteiger partial charge is 0.251 e. The number of likely N-dealkylation sites (N-methyl/N-ethyl adjacent to an activating group) is 1. The van der Waals surface area contributed by atoms with E-state index in [-0.39, 0.29) is 12.5 Å². The number of anilines is 1. The lowest BCUT2D eigenvalue weighted by Gasteiger charge is -2.17. The Morgan fingerprint density at radius 1 is 1.32 bits per heavy atom. The fraction of sp³-hybridized carbons (Fsp3) is 0.200. The molecule has 0 bridgehead atoms. The fourth-order valence-electron chi connectivity index (χ4n) is 1.98. The minimum atomic E-state index is -0.555. The van der Waals surface area contributed by atoms with Gasteiger partial charge in [0.2, 0.25) is 5.91 Å². The molecule has 0 saturated carbocycles. The van der Waals surface area contributed by atoms with Crippen LogP contribution in [0.1, 0.15) is 15.9 Å². The van der Waals surface area contributed by atoms with Gasteiger partial charge in [0.25, 0.3) is 5.91 Å². The van der Waals surface area contributed by atoms with Crippen molar-refractivity contribution in [3.63, 3.8) is 0 Å². The molecule has 0 spiro atoms. The van der Waals surface area contributed by atoms with Crippen LogP contribution in [0.3, 0.4) is 0 Å². The number of hydrogen-bond acceptors (Lipinski definition) is 4. The van der Waals surface area contributed by atoms with Gasteiger partial charge >= 0.3 is 0 Å². The molecule has 1 heterocycles. The summed E-state index contributed by atoms with van der Waals surface area (Å²) in [5.41, 5.74) is 6.52. The third kappa shape index (κ3) is 4.30. The number of nitrogens with two attached hydrogens (primary N) is 1. The van der Waals surface area contributed by atoms with Crippen LogP contribution in [0.5, 0.6) is 0 Å². The summed E-state index contributed by atoms with van der Waals surface area (Å²) in [5.74, 6) is -0.763. The average molecular weight is 338 g/mol. The molecule has 1 aromatic heterocycles. The lowest BCUT2D eigenvalue weighted by atomic mass is 10.2. The van der Waals surface area contributed by atoms with Crippen LogP contribution in [-0.2, 0) is 11.3 Å². The molecule has 0 aliphatic carbocycles. The van der Waals surface area contributed by atoms with Gasteiger partial charge < -0.3 is 11.1 Å². The number of thiophene rings is 1. The van der Waals surface area contributed by atoms with Crippen LogP contribution in [-0.4, -0.2) is 30.3 Å². The van der Waals surface area contributed by atoms with Gasteiger partial charge in [-0.15, -0.1) is 11.3 Å². The van der Waals surface area contributed by atoms with E-state index in [2.05, 4.69) is 5.32 Å². The minimum Gasteiger partial charge on any atom is -0.366 e. The number of hydrogen-bond donors (Lipinski definition) is 2. The summed E-state index contributed by atoms with van der Waals surface area (Å²) in [6.45, 7) is 0.738. The van der Waals surface area contributed by atoms with Crippen molar-refractivity contribution in [2.24, 2.45) is 5.73 Å². The molecular weight excluding hydrogens is 322 g/mol. The van der Waals surface area contributed by atoms with E-state index in [0.29, 0.717) is 22.1 Å². The molecule has 0 unspecified atom stereocenters. The summed E-state index contributed by atoms with van der Waals surface area (Å²) in [7, 11) is 1.83. The van der Waals surface area contributed by atoms with Crippen LogP contribution < -0.4 is 11.1 Å². The number of halogens is 1. The van der Waals surface area contributed by atoms with Crippen LogP contribution in [0.15, 0.2) is 35.7 Å². The molecular formula is C15H16ClN3O2S. The average Bonchev–Trinajstić information content (AvgIpc) is 2.89. The number of carbonyl (C=O) groups excluding carboxylic acids is 2. The number of benzene rings is 1. The number of rotatable bonds is 6. The molecule has 1 aromatic carbocycles. The third-order valence-electron chi connectivity index (χ3n) is 3.00. The molecule has 5 nitrogen and oxygen atoms in total. The van der Waals surface area contributed by atoms with Crippen LogP contribution in [0, 0.1) is 0 Å². The number of primary amides is 1. The van der Waals surface area contributed by atoms with Gasteiger partial charge in [0.1, 0.15) is 5.00 Å². The molecule has 0 radical (unpaired) electrons. The van der Waals surface area contributed by atoms with Crippen LogP contribution in [0.25, 0.3) is 0 Å². The Morgan fingerprint density at radius 2 is 2.05 bits per heavy atom. The lowest BCUT2D eigenvalue weighted by molar-refractivity contribution is -0.117. The predicted octanol–water partition coefficient (Wildman–Crippen LogP) is 2.57. The maximum absolute atomic E-state index is 12.0. The van der Waals surface area contributed by atoms with Crippen LogP contribution >= 0.6 is 22.9 Å².